The van der Waals surface area contributed by atoms with E-state index < -0.39 is 0 Å². The molecule has 0 radical (unpaired) electrons. The number of rotatable bonds is 5. The molecule has 3 heteroatoms. The Balaban J connectivity index is 2.44. The monoisotopic (exact) mass is 289 g/mol. The molecule has 0 aliphatic rings. The lowest BCUT2D eigenvalue weighted by Gasteiger charge is -2.25. The zero-order valence-electron chi connectivity index (χ0n) is 9.96. The topological polar surface area (TPSA) is 3.24 Å². The second-order valence-electron chi connectivity index (χ2n) is 4.60. The van der Waals surface area contributed by atoms with Crippen molar-refractivity contribution in [1.82, 2.24) is 4.90 Å². The third-order valence-electron chi connectivity index (χ3n) is 2.60. The molecule has 0 aromatic carbocycles. The lowest BCUT2D eigenvalue weighted by molar-refractivity contribution is 0.222. The fourth-order valence-electron chi connectivity index (χ4n) is 1.70. The van der Waals surface area contributed by atoms with Crippen LogP contribution < -0.4 is 0 Å². The highest BCUT2D eigenvalue weighted by Gasteiger charge is 2.11. The van der Waals surface area contributed by atoms with E-state index in [-0.39, 0.29) is 0 Å². The Kier molecular flexibility index (Phi) is 5.30. The molecule has 86 valence electrons. The molecule has 0 saturated carbocycles. The molecule has 0 aliphatic carbocycles. The van der Waals surface area contributed by atoms with Gasteiger partial charge in [0.25, 0.3) is 0 Å². The molecule has 1 aromatic heterocycles. The number of nitrogens with zero attached hydrogens (tertiary/aromatic N) is 1. The van der Waals surface area contributed by atoms with Crippen LogP contribution in [0.15, 0.2) is 15.9 Å². The van der Waals surface area contributed by atoms with Crippen molar-refractivity contribution in [1.29, 1.82) is 0 Å². The minimum absolute atomic E-state index is 0.658. The lowest BCUT2D eigenvalue weighted by atomic mass is 10.0. The van der Waals surface area contributed by atoms with Gasteiger partial charge in [-0.3, -0.25) is 4.90 Å². The summed E-state index contributed by atoms with van der Waals surface area (Å²) in [5.74, 6) is 0.775. The summed E-state index contributed by atoms with van der Waals surface area (Å²) < 4.78 is 1.22. The van der Waals surface area contributed by atoms with Gasteiger partial charge in [0.1, 0.15) is 0 Å². The predicted octanol–water partition coefficient (Wildman–Crippen LogP) is 4.38. The predicted molar refractivity (Wildman–Crippen MR) is 72.4 cm³/mol. The lowest BCUT2D eigenvalue weighted by Crippen LogP contribution is -2.29. The van der Waals surface area contributed by atoms with Crippen molar-refractivity contribution in [3.8, 4) is 0 Å². The first-order valence-corrected chi connectivity index (χ1v) is 7.04. The normalized spacial score (nSPS) is 13.8. The van der Waals surface area contributed by atoms with E-state index in [1.807, 2.05) is 11.3 Å². The van der Waals surface area contributed by atoms with Gasteiger partial charge < -0.3 is 0 Å². The molecule has 15 heavy (non-hydrogen) atoms. The van der Waals surface area contributed by atoms with Crippen LogP contribution in [0, 0.1) is 5.92 Å². The molecule has 1 nitrogen and oxygen atoms in total. The first-order chi connectivity index (χ1) is 6.99. The standard InChI is InChI=1S/C12H20BrNS/c1-9(2)7-10(3)14(4)8-11-5-6-12(13)15-11/h5-6,9-10H,7-8H2,1-4H3. The Hall–Kier alpha value is 0.140. The van der Waals surface area contributed by atoms with E-state index in [9.17, 15) is 0 Å². The molecule has 1 rings (SSSR count). The van der Waals surface area contributed by atoms with E-state index in [1.165, 1.54) is 15.1 Å². The zero-order chi connectivity index (χ0) is 11.4. The Morgan fingerprint density at radius 2 is 2.00 bits per heavy atom. The number of hydrogen-bond donors (Lipinski definition) is 0. The molecule has 0 aliphatic heterocycles. The quantitative estimate of drug-likeness (QED) is 0.778. The number of halogens is 1. The average Bonchev–Trinajstić information content (AvgIpc) is 2.50. The summed E-state index contributed by atoms with van der Waals surface area (Å²) in [6, 6.07) is 4.99. The van der Waals surface area contributed by atoms with Crippen LogP contribution in [0.1, 0.15) is 32.1 Å². The summed E-state index contributed by atoms with van der Waals surface area (Å²) in [6.07, 6.45) is 1.27. The maximum atomic E-state index is 3.50. The van der Waals surface area contributed by atoms with Crippen molar-refractivity contribution in [3.63, 3.8) is 0 Å². The molecule has 1 atom stereocenters. The summed E-state index contributed by atoms with van der Waals surface area (Å²) in [5, 5.41) is 0. The van der Waals surface area contributed by atoms with E-state index in [2.05, 4.69) is 60.8 Å². The van der Waals surface area contributed by atoms with Crippen molar-refractivity contribution >= 4 is 27.3 Å². The van der Waals surface area contributed by atoms with Gasteiger partial charge in [0.05, 0.1) is 3.79 Å². The molecule has 1 unspecified atom stereocenters. The SMILES string of the molecule is CC(C)CC(C)N(C)Cc1ccc(Br)s1. The summed E-state index contributed by atoms with van der Waals surface area (Å²) in [6.45, 7) is 7.94. The molecule has 0 saturated heterocycles. The van der Waals surface area contributed by atoms with Gasteiger partial charge in [-0.2, -0.15) is 0 Å². The smallest absolute Gasteiger partial charge is 0.0701 e. The summed E-state index contributed by atoms with van der Waals surface area (Å²) in [5.41, 5.74) is 0. The molecule has 1 heterocycles. The first-order valence-electron chi connectivity index (χ1n) is 5.43. The van der Waals surface area contributed by atoms with E-state index >= 15 is 0 Å². The third kappa shape index (κ3) is 4.66. The van der Waals surface area contributed by atoms with Crippen LogP contribution in [0.4, 0.5) is 0 Å². The molecular weight excluding hydrogens is 270 g/mol. The van der Waals surface area contributed by atoms with Crippen molar-refractivity contribution in [2.45, 2.75) is 39.8 Å². The molecule has 0 spiro atoms. The fourth-order valence-corrected chi connectivity index (χ4v) is 3.25. The van der Waals surface area contributed by atoms with Crippen molar-refractivity contribution < 1.29 is 0 Å². The third-order valence-corrected chi connectivity index (χ3v) is 4.21. The number of hydrogen-bond acceptors (Lipinski definition) is 2. The second-order valence-corrected chi connectivity index (χ2v) is 7.15. The summed E-state index contributed by atoms with van der Waals surface area (Å²) >= 11 is 5.33. The summed E-state index contributed by atoms with van der Waals surface area (Å²) in [7, 11) is 2.21. The Labute approximate surface area is 106 Å². The van der Waals surface area contributed by atoms with Crippen LogP contribution in [-0.4, -0.2) is 18.0 Å². The van der Waals surface area contributed by atoms with Crippen molar-refractivity contribution in [2.75, 3.05) is 7.05 Å². The zero-order valence-corrected chi connectivity index (χ0v) is 12.4. The van der Waals surface area contributed by atoms with E-state index in [4.69, 9.17) is 0 Å². The van der Waals surface area contributed by atoms with Crippen molar-refractivity contribution in [2.24, 2.45) is 5.92 Å². The van der Waals surface area contributed by atoms with E-state index in [0.717, 1.165) is 12.5 Å². The highest BCUT2D eigenvalue weighted by molar-refractivity contribution is 9.11. The summed E-state index contributed by atoms with van der Waals surface area (Å²) in [4.78, 5) is 3.86. The molecule has 1 aromatic rings. The van der Waals surface area contributed by atoms with E-state index in [0.29, 0.717) is 6.04 Å². The Morgan fingerprint density at radius 3 is 2.47 bits per heavy atom. The highest BCUT2D eigenvalue weighted by Crippen LogP contribution is 2.24. The van der Waals surface area contributed by atoms with Crippen molar-refractivity contribution in [3.05, 3.63) is 20.8 Å². The van der Waals surface area contributed by atoms with Gasteiger partial charge in [-0.05, 0) is 54.4 Å². The van der Waals surface area contributed by atoms with Gasteiger partial charge in [-0.15, -0.1) is 11.3 Å². The van der Waals surface area contributed by atoms with Gasteiger partial charge in [0.2, 0.25) is 0 Å². The molecular formula is C12H20BrNS. The molecule has 0 N–H and O–H groups in total. The van der Waals surface area contributed by atoms with Crippen LogP contribution in [0.3, 0.4) is 0 Å². The fraction of sp³-hybridized carbons (Fsp3) is 0.667. The Bertz CT molecular complexity index is 296. The second kappa shape index (κ2) is 6.02. The average molecular weight is 290 g/mol. The largest absolute Gasteiger partial charge is 0.299 e. The van der Waals surface area contributed by atoms with Crippen LogP contribution in [0.2, 0.25) is 0 Å². The van der Waals surface area contributed by atoms with Gasteiger partial charge >= 0.3 is 0 Å². The van der Waals surface area contributed by atoms with Gasteiger partial charge in [0, 0.05) is 17.5 Å². The van der Waals surface area contributed by atoms with E-state index in [1.54, 1.807) is 0 Å². The van der Waals surface area contributed by atoms with Crippen LogP contribution in [0.5, 0.6) is 0 Å². The number of thiophene rings is 1. The molecule has 0 bridgehead atoms. The minimum atomic E-state index is 0.658. The maximum Gasteiger partial charge on any atom is 0.0701 e. The first kappa shape index (κ1) is 13.2. The van der Waals surface area contributed by atoms with Crippen LogP contribution in [-0.2, 0) is 6.54 Å². The minimum Gasteiger partial charge on any atom is -0.299 e. The van der Waals surface area contributed by atoms with Crippen LogP contribution in [0.25, 0.3) is 0 Å². The molecule has 0 amide bonds. The maximum absolute atomic E-state index is 3.50. The van der Waals surface area contributed by atoms with Crippen LogP contribution >= 0.6 is 27.3 Å². The van der Waals surface area contributed by atoms with Gasteiger partial charge in [-0.25, -0.2) is 0 Å². The molecule has 0 fully saturated rings. The van der Waals surface area contributed by atoms with Gasteiger partial charge in [0.15, 0.2) is 0 Å². The van der Waals surface area contributed by atoms with Gasteiger partial charge in [-0.1, -0.05) is 13.8 Å². The highest BCUT2D eigenvalue weighted by atomic mass is 79.9. The Morgan fingerprint density at radius 1 is 1.33 bits per heavy atom.